The van der Waals surface area contributed by atoms with E-state index in [0.29, 0.717) is 24.9 Å². The molecular formula is C14H16N2O4. The van der Waals surface area contributed by atoms with Crippen LogP contribution in [0.2, 0.25) is 0 Å². The average Bonchev–Trinajstić information content (AvgIpc) is 2.43. The SMILES string of the molecule is CN1C[C@@H](NC(=O)c2cccc(C(=O)O)c2)CCC1=O. The zero-order chi connectivity index (χ0) is 14.7. The number of hydrogen-bond acceptors (Lipinski definition) is 3. The van der Waals surface area contributed by atoms with Crippen LogP contribution >= 0.6 is 0 Å². The zero-order valence-electron chi connectivity index (χ0n) is 11.1. The first-order valence-electron chi connectivity index (χ1n) is 6.35. The van der Waals surface area contributed by atoms with E-state index in [4.69, 9.17) is 5.11 Å². The van der Waals surface area contributed by atoms with Crippen molar-refractivity contribution in [3.8, 4) is 0 Å². The van der Waals surface area contributed by atoms with E-state index in [2.05, 4.69) is 5.32 Å². The summed E-state index contributed by atoms with van der Waals surface area (Å²) in [6.07, 6.45) is 1.02. The number of carbonyl (C=O) groups is 3. The summed E-state index contributed by atoms with van der Waals surface area (Å²) in [5.41, 5.74) is 0.387. The number of nitrogens with zero attached hydrogens (tertiary/aromatic N) is 1. The molecule has 0 aromatic heterocycles. The lowest BCUT2D eigenvalue weighted by molar-refractivity contribution is -0.132. The third-order valence-electron chi connectivity index (χ3n) is 3.33. The molecule has 1 saturated heterocycles. The predicted octanol–water partition coefficient (Wildman–Crippen LogP) is 0.735. The van der Waals surface area contributed by atoms with Crippen LogP contribution < -0.4 is 5.32 Å². The molecule has 0 radical (unpaired) electrons. The Hall–Kier alpha value is -2.37. The van der Waals surface area contributed by atoms with Crippen LogP contribution in [-0.4, -0.2) is 47.4 Å². The first kappa shape index (κ1) is 14.0. The number of nitrogens with one attached hydrogen (secondary N) is 1. The van der Waals surface area contributed by atoms with Crippen molar-refractivity contribution < 1.29 is 19.5 Å². The molecule has 2 amide bonds. The Morgan fingerprint density at radius 3 is 2.70 bits per heavy atom. The number of carboxylic acid groups (broad SMARTS) is 1. The van der Waals surface area contributed by atoms with Gasteiger partial charge in [0.15, 0.2) is 0 Å². The number of benzene rings is 1. The second-order valence-electron chi connectivity index (χ2n) is 4.87. The molecular weight excluding hydrogens is 260 g/mol. The summed E-state index contributed by atoms with van der Waals surface area (Å²) in [5, 5.41) is 11.7. The van der Waals surface area contributed by atoms with Crippen molar-refractivity contribution >= 4 is 17.8 Å². The molecule has 0 unspecified atom stereocenters. The molecule has 0 saturated carbocycles. The third kappa shape index (κ3) is 3.14. The molecule has 1 heterocycles. The highest BCUT2D eigenvalue weighted by Crippen LogP contribution is 2.11. The highest BCUT2D eigenvalue weighted by atomic mass is 16.4. The van der Waals surface area contributed by atoms with Crippen molar-refractivity contribution in [1.82, 2.24) is 10.2 Å². The molecule has 0 spiro atoms. The monoisotopic (exact) mass is 276 g/mol. The van der Waals surface area contributed by atoms with Gasteiger partial charge in [0.25, 0.3) is 5.91 Å². The van der Waals surface area contributed by atoms with Gasteiger partial charge in [-0.25, -0.2) is 4.79 Å². The Morgan fingerprint density at radius 1 is 1.35 bits per heavy atom. The van der Waals surface area contributed by atoms with E-state index in [1.165, 1.54) is 18.2 Å². The van der Waals surface area contributed by atoms with Crippen molar-refractivity contribution in [2.24, 2.45) is 0 Å². The largest absolute Gasteiger partial charge is 0.478 e. The van der Waals surface area contributed by atoms with Gasteiger partial charge in [-0.05, 0) is 24.6 Å². The van der Waals surface area contributed by atoms with Crippen LogP contribution in [0.5, 0.6) is 0 Å². The number of likely N-dealkylation sites (tertiary alicyclic amines) is 1. The van der Waals surface area contributed by atoms with Gasteiger partial charge in [-0.3, -0.25) is 9.59 Å². The second-order valence-corrected chi connectivity index (χ2v) is 4.87. The maximum Gasteiger partial charge on any atom is 0.335 e. The topological polar surface area (TPSA) is 86.7 Å². The molecule has 2 N–H and O–H groups in total. The number of amides is 2. The van der Waals surface area contributed by atoms with Gasteiger partial charge < -0.3 is 15.3 Å². The summed E-state index contributed by atoms with van der Waals surface area (Å²) in [4.78, 5) is 35.9. The molecule has 20 heavy (non-hydrogen) atoms. The number of carbonyl (C=O) groups excluding carboxylic acids is 2. The molecule has 1 aliphatic heterocycles. The van der Waals surface area contributed by atoms with Crippen molar-refractivity contribution in [3.63, 3.8) is 0 Å². The Labute approximate surface area is 116 Å². The normalized spacial score (nSPS) is 18.8. The summed E-state index contributed by atoms with van der Waals surface area (Å²) in [6.45, 7) is 0.475. The molecule has 6 heteroatoms. The molecule has 1 fully saturated rings. The van der Waals surface area contributed by atoms with Crippen molar-refractivity contribution in [1.29, 1.82) is 0 Å². The molecule has 0 bridgehead atoms. The van der Waals surface area contributed by atoms with E-state index in [1.54, 1.807) is 18.0 Å². The lowest BCUT2D eigenvalue weighted by Gasteiger charge is -2.30. The number of hydrogen-bond donors (Lipinski definition) is 2. The summed E-state index contributed by atoms with van der Waals surface area (Å²) in [7, 11) is 1.70. The number of likely N-dealkylation sites (N-methyl/N-ethyl adjacent to an activating group) is 1. The van der Waals surface area contributed by atoms with E-state index in [-0.39, 0.29) is 23.4 Å². The van der Waals surface area contributed by atoms with E-state index in [0.717, 1.165) is 0 Å². The van der Waals surface area contributed by atoms with E-state index in [1.807, 2.05) is 0 Å². The van der Waals surface area contributed by atoms with Gasteiger partial charge in [0.05, 0.1) is 5.56 Å². The lowest BCUT2D eigenvalue weighted by Crippen LogP contribution is -2.48. The maximum atomic E-state index is 12.1. The second kappa shape index (κ2) is 5.73. The molecule has 0 aliphatic carbocycles. The smallest absolute Gasteiger partial charge is 0.335 e. The molecule has 106 valence electrons. The molecule has 1 atom stereocenters. The van der Waals surface area contributed by atoms with Crippen molar-refractivity contribution in [2.75, 3.05) is 13.6 Å². The van der Waals surface area contributed by atoms with Crippen LogP contribution in [0, 0.1) is 0 Å². The fourth-order valence-electron chi connectivity index (χ4n) is 2.19. The molecule has 6 nitrogen and oxygen atoms in total. The minimum atomic E-state index is -1.07. The van der Waals surface area contributed by atoms with Gasteiger partial charge in [-0.2, -0.15) is 0 Å². The molecule has 2 rings (SSSR count). The number of aromatic carboxylic acids is 1. The highest BCUT2D eigenvalue weighted by molar-refractivity contribution is 5.97. The van der Waals surface area contributed by atoms with Gasteiger partial charge in [-0.15, -0.1) is 0 Å². The lowest BCUT2D eigenvalue weighted by atomic mass is 10.0. The molecule has 1 aromatic carbocycles. The van der Waals surface area contributed by atoms with Gasteiger partial charge >= 0.3 is 5.97 Å². The van der Waals surface area contributed by atoms with E-state index >= 15 is 0 Å². The van der Waals surface area contributed by atoms with Crippen LogP contribution in [0.25, 0.3) is 0 Å². The number of piperidine rings is 1. The fourth-order valence-corrected chi connectivity index (χ4v) is 2.19. The third-order valence-corrected chi connectivity index (χ3v) is 3.33. The van der Waals surface area contributed by atoms with Gasteiger partial charge in [-0.1, -0.05) is 6.07 Å². The minimum Gasteiger partial charge on any atom is -0.478 e. The van der Waals surface area contributed by atoms with Crippen LogP contribution in [0.4, 0.5) is 0 Å². The zero-order valence-corrected chi connectivity index (χ0v) is 11.1. The summed E-state index contributed by atoms with van der Waals surface area (Å²) < 4.78 is 0. The van der Waals surface area contributed by atoms with Gasteiger partial charge in [0, 0.05) is 31.6 Å². The minimum absolute atomic E-state index is 0.0726. The Morgan fingerprint density at radius 2 is 2.05 bits per heavy atom. The summed E-state index contributed by atoms with van der Waals surface area (Å²) in [5.74, 6) is -1.31. The Kier molecular flexibility index (Phi) is 4.02. The van der Waals surface area contributed by atoms with Crippen LogP contribution in [0.1, 0.15) is 33.6 Å². The Balaban J connectivity index is 2.03. The van der Waals surface area contributed by atoms with E-state index in [9.17, 15) is 14.4 Å². The average molecular weight is 276 g/mol. The molecule has 1 aromatic rings. The summed E-state index contributed by atoms with van der Waals surface area (Å²) >= 11 is 0. The van der Waals surface area contributed by atoms with Gasteiger partial charge in [0.1, 0.15) is 0 Å². The van der Waals surface area contributed by atoms with E-state index < -0.39 is 5.97 Å². The summed E-state index contributed by atoms with van der Waals surface area (Å²) in [6, 6.07) is 5.79. The number of rotatable bonds is 3. The first-order valence-corrected chi connectivity index (χ1v) is 6.35. The Bertz CT molecular complexity index is 556. The van der Waals surface area contributed by atoms with Crippen LogP contribution in [0.15, 0.2) is 24.3 Å². The maximum absolute atomic E-state index is 12.1. The molecule has 1 aliphatic rings. The van der Waals surface area contributed by atoms with Crippen molar-refractivity contribution in [2.45, 2.75) is 18.9 Å². The van der Waals surface area contributed by atoms with Crippen molar-refractivity contribution in [3.05, 3.63) is 35.4 Å². The van der Waals surface area contributed by atoms with Crippen LogP contribution in [-0.2, 0) is 4.79 Å². The highest BCUT2D eigenvalue weighted by Gasteiger charge is 2.24. The first-order chi connectivity index (χ1) is 9.47. The standard InChI is InChI=1S/C14H16N2O4/c1-16-8-11(5-6-12(16)17)15-13(18)9-3-2-4-10(7-9)14(19)20/h2-4,7,11H,5-6,8H2,1H3,(H,15,18)(H,19,20)/t11-/m0/s1. The fraction of sp³-hybridized carbons (Fsp3) is 0.357. The quantitative estimate of drug-likeness (QED) is 0.852. The van der Waals surface area contributed by atoms with Crippen LogP contribution in [0.3, 0.4) is 0 Å². The van der Waals surface area contributed by atoms with Gasteiger partial charge in [0.2, 0.25) is 5.91 Å². The predicted molar refractivity (Wildman–Crippen MR) is 71.5 cm³/mol. The number of carboxylic acids is 1.